The van der Waals surface area contributed by atoms with Crippen LogP contribution >= 0.6 is 11.3 Å². The van der Waals surface area contributed by atoms with Gasteiger partial charge in [0.15, 0.2) is 0 Å². The average Bonchev–Trinajstić information content (AvgIpc) is 3.17. The number of furan rings is 1. The van der Waals surface area contributed by atoms with Crippen molar-refractivity contribution >= 4 is 21.4 Å². The molecule has 2 aromatic heterocycles. The minimum atomic E-state index is -3.78. The third kappa shape index (κ3) is 2.71. The predicted molar refractivity (Wildman–Crippen MR) is 86.7 cm³/mol. The second kappa shape index (κ2) is 5.69. The summed E-state index contributed by atoms with van der Waals surface area (Å²) in [6.45, 7) is 0.389. The van der Waals surface area contributed by atoms with Gasteiger partial charge in [-0.05, 0) is 35.2 Å². The highest BCUT2D eigenvalue weighted by Crippen LogP contribution is 2.39. The summed E-state index contributed by atoms with van der Waals surface area (Å²) in [6, 6.07) is 10.7. The van der Waals surface area contributed by atoms with Crippen molar-refractivity contribution in [2.75, 3.05) is 0 Å². The first-order valence-corrected chi connectivity index (χ1v) is 8.91. The lowest BCUT2D eigenvalue weighted by molar-refractivity contribution is 0.582. The lowest BCUT2D eigenvalue weighted by atomic mass is 10.0. The number of thiophene rings is 1. The molecule has 4 N–H and O–H groups in total. The number of primary sulfonamides is 1. The minimum Gasteiger partial charge on any atom is -0.464 e. The van der Waals surface area contributed by atoms with Crippen LogP contribution in [0, 0.1) is 0 Å². The first-order chi connectivity index (χ1) is 10.5. The molecule has 22 heavy (non-hydrogen) atoms. The Hall–Kier alpha value is -1.93. The summed E-state index contributed by atoms with van der Waals surface area (Å²) in [5.41, 5.74) is 8.18. The highest BCUT2D eigenvalue weighted by atomic mass is 32.2. The molecule has 5 nitrogen and oxygen atoms in total. The first-order valence-electron chi connectivity index (χ1n) is 6.48. The Kier molecular flexibility index (Phi) is 3.88. The Labute approximate surface area is 132 Å². The molecule has 0 bridgehead atoms. The molecule has 0 aliphatic heterocycles. The second-order valence-corrected chi connectivity index (χ2v) is 7.17. The molecule has 0 saturated carbocycles. The van der Waals surface area contributed by atoms with Gasteiger partial charge in [0.25, 0.3) is 0 Å². The van der Waals surface area contributed by atoms with E-state index in [-0.39, 0.29) is 4.90 Å². The fourth-order valence-corrected chi connectivity index (χ4v) is 4.30. The minimum absolute atomic E-state index is 0.116. The van der Waals surface area contributed by atoms with Crippen molar-refractivity contribution in [3.8, 4) is 21.8 Å². The van der Waals surface area contributed by atoms with Crippen molar-refractivity contribution < 1.29 is 12.8 Å². The fourth-order valence-electron chi connectivity index (χ4n) is 2.27. The Bertz CT molecular complexity index is 897. The SMILES string of the molecule is NCc1ccc(-c2sccc2S(N)(=O)=O)c(-c2ccco2)c1. The molecule has 0 saturated heterocycles. The normalized spacial score (nSPS) is 11.7. The van der Waals surface area contributed by atoms with E-state index in [1.54, 1.807) is 17.7 Å². The molecule has 0 unspecified atom stereocenters. The first kappa shape index (κ1) is 15.0. The number of hydrogen-bond donors (Lipinski definition) is 2. The van der Waals surface area contributed by atoms with Crippen LogP contribution in [-0.2, 0) is 16.6 Å². The van der Waals surface area contributed by atoms with Crippen LogP contribution < -0.4 is 10.9 Å². The lowest BCUT2D eigenvalue weighted by Crippen LogP contribution is -2.12. The standard InChI is InChI=1S/C15H14N2O3S2/c16-9-10-3-4-11(12(8-10)13-2-1-6-20-13)15-14(5-7-21-15)22(17,18)19/h1-8H,9,16H2,(H2,17,18,19). The van der Waals surface area contributed by atoms with E-state index in [1.165, 1.54) is 17.4 Å². The van der Waals surface area contributed by atoms with E-state index in [0.717, 1.165) is 16.7 Å². The van der Waals surface area contributed by atoms with Crippen LogP contribution in [-0.4, -0.2) is 8.42 Å². The molecule has 0 spiro atoms. The zero-order valence-corrected chi connectivity index (χ0v) is 13.2. The Balaban J connectivity index is 2.26. The van der Waals surface area contributed by atoms with Gasteiger partial charge in [-0.3, -0.25) is 0 Å². The van der Waals surface area contributed by atoms with E-state index >= 15 is 0 Å². The molecule has 0 atom stereocenters. The van der Waals surface area contributed by atoms with Gasteiger partial charge in [0, 0.05) is 17.7 Å². The van der Waals surface area contributed by atoms with Crippen LogP contribution in [0.5, 0.6) is 0 Å². The van der Waals surface area contributed by atoms with Gasteiger partial charge in [0.1, 0.15) is 10.7 Å². The molecule has 114 valence electrons. The van der Waals surface area contributed by atoms with Crippen molar-refractivity contribution in [3.63, 3.8) is 0 Å². The molecule has 1 aromatic carbocycles. The zero-order valence-electron chi connectivity index (χ0n) is 11.5. The van der Waals surface area contributed by atoms with Gasteiger partial charge in [0.05, 0.1) is 11.1 Å². The van der Waals surface area contributed by atoms with Gasteiger partial charge < -0.3 is 10.2 Å². The second-order valence-electron chi connectivity index (χ2n) is 4.72. The van der Waals surface area contributed by atoms with Crippen LogP contribution in [0.4, 0.5) is 0 Å². The quantitative estimate of drug-likeness (QED) is 0.766. The maximum atomic E-state index is 11.8. The number of rotatable bonds is 4. The molecular formula is C15H14N2O3S2. The summed E-state index contributed by atoms with van der Waals surface area (Å²) in [6.07, 6.45) is 1.57. The van der Waals surface area contributed by atoms with Crippen LogP contribution in [0.1, 0.15) is 5.56 Å². The Morgan fingerprint density at radius 3 is 2.59 bits per heavy atom. The van der Waals surface area contributed by atoms with Gasteiger partial charge in [-0.1, -0.05) is 12.1 Å². The highest BCUT2D eigenvalue weighted by Gasteiger charge is 2.20. The van der Waals surface area contributed by atoms with Crippen LogP contribution in [0.15, 0.2) is 57.4 Å². The van der Waals surface area contributed by atoms with Crippen molar-refractivity contribution in [1.82, 2.24) is 0 Å². The lowest BCUT2D eigenvalue weighted by Gasteiger charge is -2.10. The molecule has 0 aliphatic carbocycles. The zero-order chi connectivity index (χ0) is 15.7. The van der Waals surface area contributed by atoms with Gasteiger partial charge in [-0.25, -0.2) is 13.6 Å². The fraction of sp³-hybridized carbons (Fsp3) is 0.0667. The van der Waals surface area contributed by atoms with E-state index < -0.39 is 10.0 Å². The molecule has 0 radical (unpaired) electrons. The Morgan fingerprint density at radius 2 is 1.95 bits per heavy atom. The summed E-state index contributed by atoms with van der Waals surface area (Å²) in [5.74, 6) is 0.652. The van der Waals surface area contributed by atoms with Gasteiger partial charge in [-0.2, -0.15) is 0 Å². The number of sulfonamides is 1. The van der Waals surface area contributed by atoms with Crippen molar-refractivity contribution in [1.29, 1.82) is 0 Å². The Morgan fingerprint density at radius 1 is 1.14 bits per heavy atom. The third-order valence-electron chi connectivity index (χ3n) is 3.29. The van der Waals surface area contributed by atoms with E-state index in [1.807, 2.05) is 24.3 Å². The summed E-state index contributed by atoms with van der Waals surface area (Å²) in [5, 5.41) is 7.01. The smallest absolute Gasteiger partial charge is 0.239 e. The van der Waals surface area contributed by atoms with Gasteiger partial charge in [-0.15, -0.1) is 11.3 Å². The van der Waals surface area contributed by atoms with Crippen LogP contribution in [0.3, 0.4) is 0 Å². The van der Waals surface area contributed by atoms with Crippen molar-refractivity contribution in [2.24, 2.45) is 10.9 Å². The molecular weight excluding hydrogens is 320 g/mol. The maximum Gasteiger partial charge on any atom is 0.239 e. The molecule has 0 amide bonds. The molecule has 7 heteroatoms. The maximum absolute atomic E-state index is 11.8. The van der Waals surface area contributed by atoms with E-state index in [4.69, 9.17) is 15.3 Å². The summed E-state index contributed by atoms with van der Waals surface area (Å²) in [4.78, 5) is 0.711. The van der Waals surface area contributed by atoms with Gasteiger partial charge in [0.2, 0.25) is 10.0 Å². The van der Waals surface area contributed by atoms with Crippen LogP contribution in [0.25, 0.3) is 21.8 Å². The molecule has 2 heterocycles. The summed E-state index contributed by atoms with van der Waals surface area (Å²) >= 11 is 1.32. The van der Waals surface area contributed by atoms with Crippen molar-refractivity contribution in [2.45, 2.75) is 11.4 Å². The highest BCUT2D eigenvalue weighted by molar-refractivity contribution is 7.89. The topological polar surface area (TPSA) is 99.3 Å². The van der Waals surface area contributed by atoms with Crippen LogP contribution in [0.2, 0.25) is 0 Å². The summed E-state index contributed by atoms with van der Waals surface area (Å²) in [7, 11) is -3.78. The van der Waals surface area contributed by atoms with Crippen molar-refractivity contribution in [3.05, 3.63) is 53.6 Å². The predicted octanol–water partition coefficient (Wildman–Crippen LogP) is 2.78. The third-order valence-corrected chi connectivity index (χ3v) is 5.32. The largest absolute Gasteiger partial charge is 0.464 e. The number of hydrogen-bond acceptors (Lipinski definition) is 5. The van der Waals surface area contributed by atoms with E-state index in [2.05, 4.69) is 0 Å². The number of nitrogens with two attached hydrogens (primary N) is 2. The number of benzene rings is 1. The molecule has 3 rings (SSSR count). The van der Waals surface area contributed by atoms with E-state index in [9.17, 15) is 8.42 Å². The average molecular weight is 334 g/mol. The van der Waals surface area contributed by atoms with E-state index in [0.29, 0.717) is 17.2 Å². The molecule has 0 fully saturated rings. The summed E-state index contributed by atoms with van der Waals surface area (Å²) < 4.78 is 29.0. The monoisotopic (exact) mass is 334 g/mol. The molecule has 0 aliphatic rings. The van der Waals surface area contributed by atoms with Gasteiger partial charge >= 0.3 is 0 Å². The molecule has 3 aromatic rings.